The summed E-state index contributed by atoms with van der Waals surface area (Å²) in [5.41, 5.74) is -1.13. The van der Waals surface area contributed by atoms with Crippen LogP contribution in [0.2, 0.25) is 0 Å². The van der Waals surface area contributed by atoms with E-state index >= 15 is 0 Å². The smallest absolute Gasteiger partial charge is 0.351 e. The van der Waals surface area contributed by atoms with Crippen LogP contribution < -0.4 is 11.2 Å². The van der Waals surface area contributed by atoms with Crippen molar-refractivity contribution in [1.29, 1.82) is 0 Å². The molecule has 3 rings (SSSR count). The highest BCUT2D eigenvalue weighted by atomic mass is 16.3. The van der Waals surface area contributed by atoms with E-state index in [9.17, 15) is 19.8 Å². The van der Waals surface area contributed by atoms with E-state index < -0.39 is 11.2 Å². The van der Waals surface area contributed by atoms with Gasteiger partial charge in [-0.25, -0.2) is 4.79 Å². The number of nitrogens with one attached hydrogen (secondary N) is 1. The van der Waals surface area contributed by atoms with Crippen LogP contribution in [-0.4, -0.2) is 20.2 Å². The van der Waals surface area contributed by atoms with Crippen molar-refractivity contribution in [2.24, 2.45) is 0 Å². The van der Waals surface area contributed by atoms with Crippen LogP contribution in [0.4, 0.5) is 0 Å². The van der Waals surface area contributed by atoms with Gasteiger partial charge in [-0.3, -0.25) is 9.78 Å². The Morgan fingerprint density at radius 3 is 2.61 bits per heavy atom. The average Bonchev–Trinajstić information content (AvgIpc) is 2.29. The molecule has 2 aliphatic rings. The Morgan fingerprint density at radius 2 is 1.83 bits per heavy atom. The van der Waals surface area contributed by atoms with Crippen molar-refractivity contribution in [2.75, 3.05) is 0 Å². The molecule has 0 saturated carbocycles. The molecule has 18 heavy (non-hydrogen) atoms. The Bertz CT molecular complexity index is 848. The predicted molar refractivity (Wildman–Crippen MR) is 60.9 cm³/mol. The van der Waals surface area contributed by atoms with Crippen molar-refractivity contribution in [3.05, 3.63) is 39.0 Å². The van der Waals surface area contributed by atoms with Crippen LogP contribution >= 0.6 is 0 Å². The highest BCUT2D eigenvalue weighted by Gasteiger charge is 2.15. The van der Waals surface area contributed by atoms with Gasteiger partial charge in [-0.1, -0.05) is 0 Å². The molecular formula is C11H6N2O5. The molecule has 7 heteroatoms. The van der Waals surface area contributed by atoms with E-state index in [4.69, 9.17) is 4.42 Å². The van der Waals surface area contributed by atoms with Crippen LogP contribution in [0, 0.1) is 0 Å². The van der Waals surface area contributed by atoms with E-state index in [0.29, 0.717) is 5.39 Å². The van der Waals surface area contributed by atoms with Crippen LogP contribution in [0.5, 0.6) is 11.5 Å². The Balaban J connectivity index is 2.52. The standard InChI is InChI=1S/C11H6N2O5/c14-6-2-4-1-5-9(16)12-11(17)13-10(5)18-8(4)3-7(6)15/h1-3,14-15H,(H,12,16,17). The average molecular weight is 246 g/mol. The van der Waals surface area contributed by atoms with Crippen LogP contribution in [0.3, 0.4) is 0 Å². The highest BCUT2D eigenvalue weighted by molar-refractivity contribution is 5.84. The number of fused-ring (bicyclic) bond motifs is 2. The number of rotatable bonds is 0. The normalized spacial score (nSPS) is 11.1. The first kappa shape index (κ1) is 10.3. The fourth-order valence-electron chi connectivity index (χ4n) is 1.68. The Labute approximate surface area is 98.3 Å². The van der Waals surface area contributed by atoms with E-state index in [1.807, 2.05) is 4.98 Å². The quantitative estimate of drug-likeness (QED) is 0.390. The molecule has 0 saturated heterocycles. The molecule has 7 nitrogen and oxygen atoms in total. The molecule has 3 N–H and O–H groups in total. The summed E-state index contributed by atoms with van der Waals surface area (Å²) in [5, 5.41) is 19.1. The van der Waals surface area contributed by atoms with Gasteiger partial charge in [0.2, 0.25) is 5.89 Å². The van der Waals surface area contributed by atoms with Gasteiger partial charge in [0.15, 0.2) is 11.5 Å². The number of aromatic nitrogens is 2. The van der Waals surface area contributed by atoms with Crippen LogP contribution in [-0.2, 0) is 0 Å². The van der Waals surface area contributed by atoms with Gasteiger partial charge in [-0.05, 0) is 12.1 Å². The van der Waals surface area contributed by atoms with Crippen LogP contribution in [0.15, 0.2) is 32.2 Å². The van der Waals surface area contributed by atoms with Crippen molar-refractivity contribution in [2.45, 2.75) is 0 Å². The van der Waals surface area contributed by atoms with Gasteiger partial charge in [0.25, 0.3) is 5.56 Å². The Hall–Kier alpha value is -2.83. The lowest BCUT2D eigenvalue weighted by Crippen LogP contribution is -2.24. The van der Waals surface area contributed by atoms with Gasteiger partial charge >= 0.3 is 5.69 Å². The number of phenolic OH excluding ortho intramolecular Hbond substituents is 2. The van der Waals surface area contributed by atoms with Crippen LogP contribution in [0.25, 0.3) is 22.4 Å². The maximum atomic E-state index is 11.5. The molecule has 90 valence electrons. The third-order valence-electron chi connectivity index (χ3n) is 2.51. The summed E-state index contributed by atoms with van der Waals surface area (Å²) in [5.74, 6) is -0.819. The molecule has 0 fully saturated rings. The number of H-pyrrole nitrogens is 1. The minimum atomic E-state index is -0.807. The summed E-state index contributed by atoms with van der Waals surface area (Å²) >= 11 is 0. The summed E-state index contributed by atoms with van der Waals surface area (Å²) in [6.45, 7) is 0. The zero-order valence-electron chi connectivity index (χ0n) is 8.80. The SMILES string of the molecule is O=c1nc2oc3cc(O)c(O)cc3cc-2c(=O)[nH]1. The van der Waals surface area contributed by atoms with Gasteiger partial charge in [0, 0.05) is 11.5 Å². The van der Waals surface area contributed by atoms with Gasteiger partial charge in [-0.2, -0.15) is 4.98 Å². The van der Waals surface area contributed by atoms with Crippen molar-refractivity contribution in [3.63, 3.8) is 0 Å². The molecule has 1 aromatic carbocycles. The molecular weight excluding hydrogens is 240 g/mol. The largest absolute Gasteiger partial charge is 0.504 e. The molecule has 0 amide bonds. The molecule has 0 aliphatic carbocycles. The molecule has 1 aromatic rings. The second-order valence-corrected chi connectivity index (χ2v) is 3.72. The lowest BCUT2D eigenvalue weighted by molar-refractivity contribution is 0.403. The second-order valence-electron chi connectivity index (χ2n) is 3.72. The molecule has 0 unspecified atom stereocenters. The van der Waals surface area contributed by atoms with E-state index in [1.165, 1.54) is 18.2 Å². The third kappa shape index (κ3) is 1.41. The summed E-state index contributed by atoms with van der Waals surface area (Å²) < 4.78 is 5.24. The van der Waals surface area contributed by atoms with E-state index in [2.05, 4.69) is 4.98 Å². The molecule has 0 radical (unpaired) electrons. The topological polar surface area (TPSA) is 116 Å². The van der Waals surface area contributed by atoms with Gasteiger partial charge in [0.1, 0.15) is 11.1 Å². The minimum absolute atomic E-state index is 0.0900. The number of benzene rings is 1. The predicted octanol–water partition coefficient (Wildman–Crippen LogP) is 0.392. The maximum Gasteiger partial charge on any atom is 0.351 e. The monoisotopic (exact) mass is 246 g/mol. The number of nitrogens with zero attached hydrogens (tertiary/aromatic N) is 1. The number of hydrogen-bond acceptors (Lipinski definition) is 6. The summed E-state index contributed by atoms with van der Waals surface area (Å²) in [6, 6.07) is 3.84. The van der Waals surface area contributed by atoms with Crippen molar-refractivity contribution < 1.29 is 14.6 Å². The summed E-state index contributed by atoms with van der Waals surface area (Å²) in [7, 11) is 0. The van der Waals surface area contributed by atoms with E-state index in [1.54, 1.807) is 0 Å². The summed E-state index contributed by atoms with van der Waals surface area (Å²) in [6.07, 6.45) is 0. The van der Waals surface area contributed by atoms with Gasteiger partial charge < -0.3 is 14.6 Å². The minimum Gasteiger partial charge on any atom is -0.504 e. The molecule has 2 heterocycles. The second kappa shape index (κ2) is 3.33. The van der Waals surface area contributed by atoms with Crippen molar-refractivity contribution in [1.82, 2.24) is 9.97 Å². The first-order valence-electron chi connectivity index (χ1n) is 4.94. The molecule has 2 aliphatic heterocycles. The van der Waals surface area contributed by atoms with E-state index in [-0.39, 0.29) is 28.5 Å². The van der Waals surface area contributed by atoms with E-state index in [0.717, 1.165) is 0 Å². The maximum absolute atomic E-state index is 11.5. The zero-order valence-corrected chi connectivity index (χ0v) is 8.80. The first-order valence-corrected chi connectivity index (χ1v) is 4.94. The van der Waals surface area contributed by atoms with Gasteiger partial charge in [0.05, 0.1) is 0 Å². The fourth-order valence-corrected chi connectivity index (χ4v) is 1.68. The number of phenols is 2. The first-order chi connectivity index (χ1) is 8.54. The zero-order chi connectivity index (χ0) is 12.9. The Kier molecular flexibility index (Phi) is 1.91. The number of aromatic amines is 1. The fraction of sp³-hybridized carbons (Fsp3) is 0. The molecule has 0 atom stereocenters. The summed E-state index contributed by atoms with van der Waals surface area (Å²) in [4.78, 5) is 28.1. The Morgan fingerprint density at radius 1 is 1.11 bits per heavy atom. The third-order valence-corrected chi connectivity index (χ3v) is 2.51. The number of aromatic hydroxyl groups is 2. The van der Waals surface area contributed by atoms with Crippen molar-refractivity contribution >= 4 is 11.0 Å². The molecule has 0 bridgehead atoms. The van der Waals surface area contributed by atoms with Crippen molar-refractivity contribution in [3.8, 4) is 23.0 Å². The molecule has 0 aromatic heterocycles. The van der Waals surface area contributed by atoms with Crippen LogP contribution in [0.1, 0.15) is 0 Å². The van der Waals surface area contributed by atoms with Gasteiger partial charge in [-0.15, -0.1) is 0 Å². The highest BCUT2D eigenvalue weighted by Crippen LogP contribution is 2.32. The lowest BCUT2D eigenvalue weighted by Gasteiger charge is -2.05. The number of hydrogen-bond donors (Lipinski definition) is 3. The lowest BCUT2D eigenvalue weighted by atomic mass is 10.1. The molecule has 0 spiro atoms.